The van der Waals surface area contributed by atoms with Crippen molar-refractivity contribution in [3.8, 4) is 11.5 Å². The summed E-state index contributed by atoms with van der Waals surface area (Å²) in [7, 11) is -3.55. The zero-order valence-corrected chi connectivity index (χ0v) is 18.0. The summed E-state index contributed by atoms with van der Waals surface area (Å²) in [6, 6.07) is 12.5. The Morgan fingerprint density at radius 1 is 1.10 bits per heavy atom. The Morgan fingerprint density at radius 3 is 2.57 bits per heavy atom. The second kappa shape index (κ2) is 7.92. The zero-order chi connectivity index (χ0) is 21.4. The Bertz CT molecular complexity index is 1060. The normalized spacial score (nSPS) is 18.2. The number of carbonyl (C=O) groups excluding carboxylic acids is 1. The lowest BCUT2D eigenvalue weighted by molar-refractivity contribution is -0.132. The number of ether oxygens (including phenoxy) is 2. The summed E-state index contributed by atoms with van der Waals surface area (Å²) in [6.07, 6.45) is 0.954. The molecule has 0 unspecified atom stereocenters. The van der Waals surface area contributed by atoms with Gasteiger partial charge in [-0.05, 0) is 55.2 Å². The average molecular weight is 431 g/mol. The number of rotatable bonds is 5. The molecule has 0 spiro atoms. The fraction of sp³-hybridized carbons (Fsp3) is 0.409. The first-order valence-corrected chi connectivity index (χ1v) is 11.5. The van der Waals surface area contributed by atoms with Crippen molar-refractivity contribution < 1.29 is 22.7 Å². The molecule has 2 heterocycles. The third kappa shape index (κ3) is 4.02. The van der Waals surface area contributed by atoms with E-state index < -0.39 is 15.4 Å². The van der Waals surface area contributed by atoms with Crippen LogP contribution in [0.25, 0.3) is 0 Å². The molecule has 160 valence electrons. The Morgan fingerprint density at radius 2 is 1.83 bits per heavy atom. The van der Waals surface area contributed by atoms with Crippen molar-refractivity contribution in [3.63, 3.8) is 0 Å². The number of hydrogen-bond acceptors (Lipinski definition) is 5. The lowest BCUT2D eigenvalue weighted by Gasteiger charge is -2.37. The first-order chi connectivity index (χ1) is 14.3. The van der Waals surface area contributed by atoms with E-state index in [0.29, 0.717) is 48.9 Å². The fourth-order valence-corrected chi connectivity index (χ4v) is 5.37. The molecule has 8 heteroatoms. The summed E-state index contributed by atoms with van der Waals surface area (Å²) in [6.45, 7) is 5.02. The zero-order valence-electron chi connectivity index (χ0n) is 17.2. The lowest BCUT2D eigenvalue weighted by Crippen LogP contribution is -2.48. The van der Waals surface area contributed by atoms with Crippen LogP contribution in [-0.4, -0.2) is 38.5 Å². The van der Waals surface area contributed by atoms with Gasteiger partial charge in [-0.1, -0.05) is 25.1 Å². The van der Waals surface area contributed by atoms with Crippen LogP contribution in [0.2, 0.25) is 0 Å². The fourth-order valence-electron chi connectivity index (χ4n) is 3.82. The van der Waals surface area contributed by atoms with Gasteiger partial charge in [0.05, 0.1) is 4.90 Å². The average Bonchev–Trinajstić information content (AvgIpc) is 3.20. The molecule has 1 amide bonds. The molecule has 1 fully saturated rings. The Balaban J connectivity index is 1.36. The molecule has 4 rings (SSSR count). The van der Waals surface area contributed by atoms with Crippen LogP contribution in [0, 0.1) is 12.3 Å². The van der Waals surface area contributed by atoms with Crippen LogP contribution < -0.4 is 14.8 Å². The molecule has 2 aromatic rings. The van der Waals surface area contributed by atoms with Gasteiger partial charge in [0.15, 0.2) is 11.5 Å². The highest BCUT2D eigenvalue weighted by Crippen LogP contribution is 2.35. The van der Waals surface area contributed by atoms with Crippen LogP contribution in [0.1, 0.15) is 30.9 Å². The second-order valence-electron chi connectivity index (χ2n) is 8.15. The predicted octanol–water partition coefficient (Wildman–Crippen LogP) is 2.83. The number of fused-ring (bicyclic) bond motifs is 1. The van der Waals surface area contributed by atoms with Crippen LogP contribution >= 0.6 is 0 Å². The monoisotopic (exact) mass is 430 g/mol. The Labute approximate surface area is 177 Å². The number of benzene rings is 2. The molecule has 0 saturated carbocycles. The van der Waals surface area contributed by atoms with Crippen molar-refractivity contribution in [2.75, 3.05) is 19.9 Å². The first kappa shape index (κ1) is 20.7. The molecule has 0 aromatic heterocycles. The topological polar surface area (TPSA) is 84.9 Å². The minimum atomic E-state index is -3.55. The number of piperidine rings is 1. The maximum absolute atomic E-state index is 12.9. The van der Waals surface area contributed by atoms with Gasteiger partial charge in [0.1, 0.15) is 0 Å². The number of amides is 1. The maximum atomic E-state index is 12.9. The number of sulfonamides is 1. The molecular formula is C22H26N2O5S. The van der Waals surface area contributed by atoms with Crippen molar-refractivity contribution in [3.05, 3.63) is 53.6 Å². The second-order valence-corrected chi connectivity index (χ2v) is 10.1. The SMILES string of the molecule is Cc1cccc(S(=O)(=O)N2CCC(C)(C(=O)NCc3ccc4c(c3)OCO4)CC2)c1. The highest BCUT2D eigenvalue weighted by Gasteiger charge is 2.40. The van der Waals surface area contributed by atoms with E-state index in [4.69, 9.17) is 9.47 Å². The van der Waals surface area contributed by atoms with E-state index in [2.05, 4.69) is 5.32 Å². The van der Waals surface area contributed by atoms with E-state index in [1.165, 1.54) is 4.31 Å². The van der Waals surface area contributed by atoms with Crippen LogP contribution in [0.3, 0.4) is 0 Å². The van der Waals surface area contributed by atoms with Gasteiger partial charge in [0.25, 0.3) is 0 Å². The lowest BCUT2D eigenvalue weighted by atomic mass is 9.80. The van der Waals surface area contributed by atoms with Crippen molar-refractivity contribution in [2.24, 2.45) is 5.41 Å². The van der Waals surface area contributed by atoms with Crippen molar-refractivity contribution in [1.82, 2.24) is 9.62 Å². The quantitative estimate of drug-likeness (QED) is 0.789. The van der Waals surface area contributed by atoms with E-state index in [-0.39, 0.29) is 12.7 Å². The summed E-state index contributed by atoms with van der Waals surface area (Å²) >= 11 is 0. The molecular weight excluding hydrogens is 404 g/mol. The largest absolute Gasteiger partial charge is 0.454 e. The third-order valence-electron chi connectivity index (χ3n) is 5.89. The number of hydrogen-bond donors (Lipinski definition) is 1. The van der Waals surface area contributed by atoms with Gasteiger partial charge in [-0.2, -0.15) is 4.31 Å². The van der Waals surface area contributed by atoms with E-state index in [9.17, 15) is 13.2 Å². The van der Waals surface area contributed by atoms with Crippen LogP contribution in [0.5, 0.6) is 11.5 Å². The highest BCUT2D eigenvalue weighted by molar-refractivity contribution is 7.89. The Kier molecular flexibility index (Phi) is 5.46. The van der Waals surface area contributed by atoms with Gasteiger partial charge >= 0.3 is 0 Å². The highest BCUT2D eigenvalue weighted by atomic mass is 32.2. The summed E-state index contributed by atoms with van der Waals surface area (Å²) < 4.78 is 38.0. The van der Waals surface area contributed by atoms with Crippen molar-refractivity contribution in [2.45, 2.75) is 38.1 Å². The maximum Gasteiger partial charge on any atom is 0.243 e. The molecule has 0 atom stereocenters. The molecule has 2 aromatic carbocycles. The molecule has 2 aliphatic heterocycles. The number of carbonyl (C=O) groups is 1. The van der Waals surface area contributed by atoms with Gasteiger partial charge in [0.2, 0.25) is 22.7 Å². The molecule has 0 bridgehead atoms. The smallest absolute Gasteiger partial charge is 0.243 e. The minimum absolute atomic E-state index is 0.0622. The van der Waals surface area contributed by atoms with Gasteiger partial charge < -0.3 is 14.8 Å². The van der Waals surface area contributed by atoms with Gasteiger partial charge in [-0.25, -0.2) is 8.42 Å². The predicted molar refractivity (Wildman–Crippen MR) is 112 cm³/mol. The summed E-state index contributed by atoms with van der Waals surface area (Å²) in [5.74, 6) is 1.33. The summed E-state index contributed by atoms with van der Waals surface area (Å²) in [4.78, 5) is 13.2. The van der Waals surface area contributed by atoms with Crippen molar-refractivity contribution in [1.29, 1.82) is 0 Å². The van der Waals surface area contributed by atoms with E-state index in [1.54, 1.807) is 18.2 Å². The standard InChI is InChI=1S/C22H26N2O5S/c1-16-4-3-5-18(12-16)30(26,27)24-10-8-22(2,9-11-24)21(25)23-14-17-6-7-19-20(13-17)29-15-28-19/h3-7,12-13H,8-11,14-15H2,1-2H3,(H,23,25). The molecule has 1 N–H and O–H groups in total. The third-order valence-corrected chi connectivity index (χ3v) is 7.79. The summed E-state index contributed by atoms with van der Waals surface area (Å²) in [5, 5.41) is 2.99. The molecule has 7 nitrogen and oxygen atoms in total. The molecule has 0 aliphatic carbocycles. The first-order valence-electron chi connectivity index (χ1n) is 10.0. The van der Waals surface area contributed by atoms with Crippen molar-refractivity contribution >= 4 is 15.9 Å². The van der Waals surface area contributed by atoms with Crippen LogP contribution in [0.15, 0.2) is 47.4 Å². The number of nitrogens with one attached hydrogen (secondary N) is 1. The summed E-state index contributed by atoms with van der Waals surface area (Å²) in [5.41, 5.74) is 1.23. The number of aryl methyl sites for hydroxylation is 1. The van der Waals surface area contributed by atoms with Crippen LogP contribution in [0.4, 0.5) is 0 Å². The van der Waals surface area contributed by atoms with Gasteiger partial charge in [-0.15, -0.1) is 0 Å². The minimum Gasteiger partial charge on any atom is -0.454 e. The number of nitrogens with zero attached hydrogens (tertiary/aromatic N) is 1. The Hall–Kier alpha value is -2.58. The van der Waals surface area contributed by atoms with E-state index in [0.717, 1.165) is 11.1 Å². The molecule has 30 heavy (non-hydrogen) atoms. The van der Waals surface area contributed by atoms with Gasteiger partial charge in [-0.3, -0.25) is 4.79 Å². The van der Waals surface area contributed by atoms with Gasteiger partial charge in [0, 0.05) is 25.0 Å². The van der Waals surface area contributed by atoms with Crippen LogP contribution in [-0.2, 0) is 21.4 Å². The molecule has 0 radical (unpaired) electrons. The van der Waals surface area contributed by atoms with E-state index >= 15 is 0 Å². The molecule has 1 saturated heterocycles. The molecule has 2 aliphatic rings. The van der Waals surface area contributed by atoms with E-state index in [1.807, 2.05) is 38.1 Å².